The van der Waals surface area contributed by atoms with E-state index in [1.54, 1.807) is 12.4 Å². The maximum atomic E-state index is 12.6. The van der Waals surface area contributed by atoms with Crippen molar-refractivity contribution in [1.82, 2.24) is 9.55 Å². The molecule has 1 aromatic heterocycles. The largest absolute Gasteiger partial charge is 0.325 e. The first-order valence-electron chi connectivity index (χ1n) is 7.45. The van der Waals surface area contributed by atoms with Gasteiger partial charge in [-0.15, -0.1) is 0 Å². The van der Waals surface area contributed by atoms with E-state index in [1.807, 2.05) is 54.6 Å². The summed E-state index contributed by atoms with van der Waals surface area (Å²) in [6, 6.07) is 16.6. The Morgan fingerprint density at radius 2 is 1.84 bits per heavy atom. The quantitative estimate of drug-likeness (QED) is 0.644. The summed E-state index contributed by atoms with van der Waals surface area (Å²) in [4.78, 5) is 28.7. The van der Waals surface area contributed by atoms with E-state index in [-0.39, 0.29) is 22.2 Å². The number of halogens is 1. The van der Waals surface area contributed by atoms with Gasteiger partial charge < -0.3 is 5.32 Å². The van der Waals surface area contributed by atoms with Gasteiger partial charge in [-0.1, -0.05) is 45.9 Å². The van der Waals surface area contributed by atoms with Gasteiger partial charge in [0.05, 0.1) is 5.75 Å². The van der Waals surface area contributed by atoms with E-state index in [9.17, 15) is 9.59 Å². The number of hydrogen-bond acceptors (Lipinski definition) is 4. The molecule has 0 unspecified atom stereocenters. The minimum absolute atomic E-state index is 0.113. The van der Waals surface area contributed by atoms with E-state index in [1.165, 1.54) is 4.57 Å². The highest BCUT2D eigenvalue weighted by Crippen LogP contribution is 2.15. The summed E-state index contributed by atoms with van der Waals surface area (Å²) < 4.78 is 2.45. The summed E-state index contributed by atoms with van der Waals surface area (Å²) in [5, 5.41) is 3.07. The summed E-state index contributed by atoms with van der Waals surface area (Å²) in [7, 11) is 0. The molecule has 0 aliphatic rings. The van der Waals surface area contributed by atoms with Gasteiger partial charge in [0.2, 0.25) is 5.91 Å². The topological polar surface area (TPSA) is 64.0 Å². The first-order valence-corrected chi connectivity index (χ1v) is 9.22. The third-order valence-corrected chi connectivity index (χ3v) is 4.80. The fourth-order valence-electron chi connectivity index (χ4n) is 2.15. The molecule has 0 aliphatic heterocycles. The Kier molecular flexibility index (Phi) is 5.67. The standard InChI is InChI=1S/C18H14BrN3O2S/c19-13-6-8-15(9-7-13)22-11-10-20-17(18(22)24)25-12-16(23)21-14-4-2-1-3-5-14/h1-11H,12H2,(H,21,23). The molecule has 0 saturated heterocycles. The van der Waals surface area contributed by atoms with Crippen LogP contribution in [0.5, 0.6) is 0 Å². The summed E-state index contributed by atoms with van der Waals surface area (Å²) in [6.45, 7) is 0. The zero-order valence-corrected chi connectivity index (χ0v) is 15.5. The summed E-state index contributed by atoms with van der Waals surface area (Å²) in [6.07, 6.45) is 3.17. The second kappa shape index (κ2) is 8.13. The fourth-order valence-corrected chi connectivity index (χ4v) is 3.11. The number of hydrogen-bond donors (Lipinski definition) is 1. The van der Waals surface area contributed by atoms with E-state index in [2.05, 4.69) is 26.2 Å². The van der Waals surface area contributed by atoms with Crippen molar-refractivity contribution in [1.29, 1.82) is 0 Å². The number of anilines is 1. The normalized spacial score (nSPS) is 10.4. The fraction of sp³-hybridized carbons (Fsp3) is 0.0556. The number of carbonyl (C=O) groups excluding carboxylic acids is 1. The first-order chi connectivity index (χ1) is 12.1. The Balaban J connectivity index is 1.71. The second-order valence-corrected chi connectivity index (χ2v) is 6.97. The van der Waals surface area contributed by atoms with Gasteiger partial charge in [-0.3, -0.25) is 14.2 Å². The Bertz CT molecular complexity index is 927. The Hall–Kier alpha value is -2.38. The van der Waals surface area contributed by atoms with Crippen molar-refractivity contribution in [3.8, 4) is 5.69 Å². The van der Waals surface area contributed by atoms with Crippen molar-refractivity contribution in [2.24, 2.45) is 0 Å². The molecule has 0 atom stereocenters. The molecule has 0 fully saturated rings. The van der Waals surface area contributed by atoms with Crippen molar-refractivity contribution in [3.63, 3.8) is 0 Å². The maximum absolute atomic E-state index is 12.6. The Morgan fingerprint density at radius 1 is 1.12 bits per heavy atom. The molecular weight excluding hydrogens is 402 g/mol. The van der Waals surface area contributed by atoms with Crippen LogP contribution in [0.15, 0.2) is 81.3 Å². The van der Waals surface area contributed by atoms with Crippen molar-refractivity contribution in [3.05, 3.63) is 81.8 Å². The van der Waals surface area contributed by atoms with Gasteiger partial charge in [0, 0.05) is 28.2 Å². The highest BCUT2D eigenvalue weighted by Gasteiger charge is 2.10. The van der Waals surface area contributed by atoms with Crippen LogP contribution in [0.25, 0.3) is 5.69 Å². The molecule has 126 valence electrons. The number of carbonyl (C=O) groups is 1. The van der Waals surface area contributed by atoms with Crippen molar-refractivity contribution >= 4 is 39.3 Å². The monoisotopic (exact) mass is 415 g/mol. The van der Waals surface area contributed by atoms with Gasteiger partial charge in [0.15, 0.2) is 5.03 Å². The minimum atomic E-state index is -0.248. The highest BCUT2D eigenvalue weighted by molar-refractivity contribution is 9.10. The van der Waals surface area contributed by atoms with Crippen molar-refractivity contribution in [2.45, 2.75) is 5.03 Å². The molecule has 1 N–H and O–H groups in total. The SMILES string of the molecule is O=C(CSc1nccn(-c2ccc(Br)cc2)c1=O)Nc1ccccc1. The number of para-hydroxylation sites is 1. The van der Waals surface area contributed by atoms with Crippen LogP contribution < -0.4 is 10.9 Å². The number of nitrogens with zero attached hydrogens (tertiary/aromatic N) is 2. The summed E-state index contributed by atoms with van der Waals surface area (Å²) in [5.41, 5.74) is 1.22. The molecular formula is C18H14BrN3O2S. The van der Waals surface area contributed by atoms with Gasteiger partial charge in [0.1, 0.15) is 0 Å². The van der Waals surface area contributed by atoms with Gasteiger partial charge in [-0.05, 0) is 36.4 Å². The van der Waals surface area contributed by atoms with Crippen LogP contribution in [0.4, 0.5) is 5.69 Å². The van der Waals surface area contributed by atoms with E-state index in [0.717, 1.165) is 27.6 Å². The Labute approximate surface area is 157 Å². The van der Waals surface area contributed by atoms with Crippen LogP contribution in [0, 0.1) is 0 Å². The number of nitrogens with one attached hydrogen (secondary N) is 1. The summed E-state index contributed by atoms with van der Waals surface area (Å²) in [5.74, 6) is -0.0713. The molecule has 5 nitrogen and oxygen atoms in total. The molecule has 2 aromatic carbocycles. The lowest BCUT2D eigenvalue weighted by Gasteiger charge is -2.08. The number of benzene rings is 2. The predicted molar refractivity (Wildman–Crippen MR) is 103 cm³/mol. The average molecular weight is 416 g/mol. The van der Waals surface area contributed by atoms with Crippen LogP contribution in [-0.4, -0.2) is 21.2 Å². The zero-order valence-electron chi connectivity index (χ0n) is 13.1. The zero-order chi connectivity index (χ0) is 17.6. The summed E-state index contributed by atoms with van der Waals surface area (Å²) >= 11 is 4.49. The second-order valence-electron chi connectivity index (χ2n) is 5.09. The molecule has 25 heavy (non-hydrogen) atoms. The van der Waals surface area contributed by atoms with Crippen LogP contribution in [0.1, 0.15) is 0 Å². The molecule has 3 rings (SSSR count). The molecule has 0 bridgehead atoms. The van der Waals surface area contributed by atoms with E-state index >= 15 is 0 Å². The maximum Gasteiger partial charge on any atom is 0.287 e. The predicted octanol–water partition coefficient (Wildman–Crippen LogP) is 3.73. The molecule has 0 aliphatic carbocycles. The van der Waals surface area contributed by atoms with Crippen LogP contribution in [0.3, 0.4) is 0 Å². The van der Waals surface area contributed by atoms with Gasteiger partial charge in [-0.2, -0.15) is 0 Å². The van der Waals surface area contributed by atoms with Gasteiger partial charge in [0.25, 0.3) is 5.56 Å². The first kappa shape index (κ1) is 17.4. The average Bonchev–Trinajstić information content (AvgIpc) is 2.63. The smallest absolute Gasteiger partial charge is 0.287 e. The lowest BCUT2D eigenvalue weighted by atomic mass is 10.3. The van der Waals surface area contributed by atoms with E-state index in [0.29, 0.717) is 0 Å². The van der Waals surface area contributed by atoms with E-state index in [4.69, 9.17) is 0 Å². The molecule has 1 amide bonds. The van der Waals surface area contributed by atoms with Gasteiger partial charge in [-0.25, -0.2) is 4.98 Å². The minimum Gasteiger partial charge on any atom is -0.325 e. The molecule has 7 heteroatoms. The molecule has 0 radical (unpaired) electrons. The lowest BCUT2D eigenvalue weighted by molar-refractivity contribution is -0.113. The number of amides is 1. The van der Waals surface area contributed by atoms with E-state index < -0.39 is 0 Å². The Morgan fingerprint density at radius 3 is 2.56 bits per heavy atom. The number of aromatic nitrogens is 2. The number of rotatable bonds is 5. The molecule has 1 heterocycles. The van der Waals surface area contributed by atoms with Crippen molar-refractivity contribution < 1.29 is 4.79 Å². The molecule has 0 saturated carbocycles. The highest BCUT2D eigenvalue weighted by atomic mass is 79.9. The molecule has 3 aromatic rings. The third kappa shape index (κ3) is 4.58. The van der Waals surface area contributed by atoms with Crippen LogP contribution in [-0.2, 0) is 4.79 Å². The number of thioether (sulfide) groups is 1. The van der Waals surface area contributed by atoms with Crippen LogP contribution in [0.2, 0.25) is 0 Å². The lowest BCUT2D eigenvalue weighted by Crippen LogP contribution is -2.22. The van der Waals surface area contributed by atoms with Crippen LogP contribution >= 0.6 is 27.7 Å². The third-order valence-electron chi connectivity index (χ3n) is 3.31. The van der Waals surface area contributed by atoms with Gasteiger partial charge >= 0.3 is 0 Å². The van der Waals surface area contributed by atoms with Crippen molar-refractivity contribution in [2.75, 3.05) is 11.1 Å². The molecule has 0 spiro atoms.